The van der Waals surface area contributed by atoms with E-state index in [4.69, 9.17) is 4.74 Å². The molecule has 4 aliphatic carbocycles. The Morgan fingerprint density at radius 2 is 1.78 bits per heavy atom. The van der Waals surface area contributed by atoms with E-state index in [9.17, 15) is 24.9 Å². The number of fused-ring (bicyclic) bond motifs is 3. The van der Waals surface area contributed by atoms with Gasteiger partial charge in [0.1, 0.15) is 6.10 Å². The summed E-state index contributed by atoms with van der Waals surface area (Å²) in [6.07, 6.45) is 9.39. The van der Waals surface area contributed by atoms with Crippen LogP contribution in [0, 0.1) is 34.5 Å². The fraction of sp³-hybridized carbons (Fsp3) is 0.800. The summed E-state index contributed by atoms with van der Waals surface area (Å²) in [6, 6.07) is 0. The van der Waals surface area contributed by atoms with Crippen LogP contribution in [0.2, 0.25) is 0 Å². The summed E-state index contributed by atoms with van der Waals surface area (Å²) in [4.78, 5) is 27.2. The predicted molar refractivity (Wildman–Crippen MR) is 138 cm³/mol. The van der Waals surface area contributed by atoms with Crippen LogP contribution in [-0.4, -0.2) is 51.5 Å². The second-order valence-electron chi connectivity index (χ2n) is 12.6. The highest BCUT2D eigenvalue weighted by Gasteiger charge is 2.76. The third-order valence-corrected chi connectivity index (χ3v) is 10.1. The maximum atomic E-state index is 14.3. The van der Waals surface area contributed by atoms with Gasteiger partial charge in [0.2, 0.25) is 0 Å². The van der Waals surface area contributed by atoms with Crippen molar-refractivity contribution in [3.63, 3.8) is 0 Å². The van der Waals surface area contributed by atoms with Gasteiger partial charge in [-0.25, -0.2) is 0 Å². The molecular weight excluding hydrogens is 456 g/mol. The molecule has 0 aromatic heterocycles. The first-order chi connectivity index (χ1) is 17.0. The number of hydrogen-bond donors (Lipinski definition) is 3. The van der Waals surface area contributed by atoms with Gasteiger partial charge in [0.05, 0.1) is 12.0 Å². The molecule has 0 aromatic rings. The van der Waals surface area contributed by atoms with Gasteiger partial charge < -0.3 is 20.1 Å². The van der Waals surface area contributed by atoms with Crippen molar-refractivity contribution in [1.82, 2.24) is 0 Å². The number of aliphatic hydroxyl groups is 3. The largest absolute Gasteiger partial charge is 0.455 e. The molecule has 0 unspecified atom stereocenters. The number of ether oxygens (including phenoxy) is 1. The van der Waals surface area contributed by atoms with Gasteiger partial charge in [-0.3, -0.25) is 9.59 Å². The van der Waals surface area contributed by atoms with Crippen molar-refractivity contribution in [3.8, 4) is 0 Å². The molecule has 3 N–H and O–H groups in total. The van der Waals surface area contributed by atoms with E-state index in [1.54, 1.807) is 19.1 Å². The highest BCUT2D eigenvalue weighted by atomic mass is 16.6. The molecule has 1 spiro atoms. The molecule has 6 heteroatoms. The zero-order chi connectivity index (χ0) is 26.5. The van der Waals surface area contributed by atoms with Crippen molar-refractivity contribution in [2.75, 3.05) is 6.61 Å². The number of ketones is 1. The average molecular weight is 503 g/mol. The van der Waals surface area contributed by atoms with Gasteiger partial charge in [-0.05, 0) is 54.1 Å². The molecule has 2 bridgehead atoms. The molecule has 202 valence electrons. The number of hydrogen-bond acceptors (Lipinski definition) is 6. The standard InChI is InChI=1S/C30H46O6/c1-6-7-8-9-10-11-12-13-23(32)36-27-18(2)16-29-19(3)14-22-24(28(22,4)5)21(26(29)34)15-20(17-31)25(33)30(27,29)35/h15-16,19,21-22,24-25,27,31,33,35H,6-14,17H2,1-5H3/t19-,21+,22-,24+,25-,27+,29+,30+/m1/s1. The molecule has 2 saturated carbocycles. The first-order valence-electron chi connectivity index (χ1n) is 14.1. The number of unbranched alkanes of at least 4 members (excludes halogenated alkanes) is 6. The molecular formula is C30H46O6. The van der Waals surface area contributed by atoms with E-state index in [0.717, 1.165) is 25.7 Å². The normalized spacial score (nSPS) is 40.4. The number of Topliss-reactive ketones (excluding diaryl/α,β-unsaturated/α-hetero) is 1. The number of carbonyl (C=O) groups excluding carboxylic acids is 2. The smallest absolute Gasteiger partial charge is 0.306 e. The Labute approximate surface area is 216 Å². The zero-order valence-electron chi connectivity index (χ0n) is 22.8. The second kappa shape index (κ2) is 9.99. The third-order valence-electron chi connectivity index (χ3n) is 10.1. The van der Waals surface area contributed by atoms with Gasteiger partial charge in [-0.1, -0.05) is 78.4 Å². The summed E-state index contributed by atoms with van der Waals surface area (Å²) in [5.74, 6) is -0.862. The zero-order valence-corrected chi connectivity index (χ0v) is 22.8. The molecule has 0 aliphatic heterocycles. The molecule has 0 aromatic carbocycles. The Morgan fingerprint density at radius 3 is 2.42 bits per heavy atom. The van der Waals surface area contributed by atoms with E-state index in [1.807, 2.05) is 6.92 Å². The minimum Gasteiger partial charge on any atom is -0.455 e. The van der Waals surface area contributed by atoms with Crippen molar-refractivity contribution in [2.45, 2.75) is 110 Å². The molecule has 4 aliphatic rings. The lowest BCUT2D eigenvalue weighted by molar-refractivity contribution is -0.203. The Hall–Kier alpha value is -1.50. The number of aliphatic hydroxyl groups excluding tert-OH is 2. The van der Waals surface area contributed by atoms with E-state index in [0.29, 0.717) is 17.9 Å². The molecule has 8 atom stereocenters. The topological polar surface area (TPSA) is 104 Å². The molecule has 36 heavy (non-hydrogen) atoms. The molecule has 2 fully saturated rings. The van der Waals surface area contributed by atoms with E-state index >= 15 is 0 Å². The van der Waals surface area contributed by atoms with Crippen LogP contribution < -0.4 is 0 Å². The molecule has 0 heterocycles. The Kier molecular flexibility index (Phi) is 7.64. The van der Waals surface area contributed by atoms with Crippen molar-refractivity contribution < 1.29 is 29.6 Å². The molecule has 0 radical (unpaired) electrons. The minimum atomic E-state index is -2.05. The van der Waals surface area contributed by atoms with Crippen LogP contribution in [0.5, 0.6) is 0 Å². The number of carbonyl (C=O) groups is 2. The van der Waals surface area contributed by atoms with Crippen LogP contribution in [-0.2, 0) is 14.3 Å². The summed E-state index contributed by atoms with van der Waals surface area (Å²) in [6.45, 7) is 9.81. The van der Waals surface area contributed by atoms with Crippen molar-refractivity contribution in [2.24, 2.45) is 34.5 Å². The molecule has 6 nitrogen and oxygen atoms in total. The van der Waals surface area contributed by atoms with Crippen LogP contribution in [0.1, 0.15) is 92.4 Å². The summed E-state index contributed by atoms with van der Waals surface area (Å²) in [5.41, 5.74) is -2.60. The number of esters is 1. The van der Waals surface area contributed by atoms with Crippen LogP contribution in [0.15, 0.2) is 23.3 Å². The highest BCUT2D eigenvalue weighted by molar-refractivity contribution is 5.95. The summed E-state index contributed by atoms with van der Waals surface area (Å²) >= 11 is 0. The van der Waals surface area contributed by atoms with Gasteiger partial charge in [-0.2, -0.15) is 0 Å². The Balaban J connectivity index is 1.58. The van der Waals surface area contributed by atoms with Crippen LogP contribution in [0.25, 0.3) is 0 Å². The van der Waals surface area contributed by atoms with Crippen LogP contribution >= 0.6 is 0 Å². The average Bonchev–Trinajstić information content (AvgIpc) is 3.32. The molecule has 0 amide bonds. The van der Waals surface area contributed by atoms with E-state index in [1.165, 1.54) is 19.3 Å². The Morgan fingerprint density at radius 1 is 1.14 bits per heavy atom. The first kappa shape index (κ1) is 27.5. The van der Waals surface area contributed by atoms with Crippen molar-refractivity contribution >= 4 is 11.8 Å². The monoisotopic (exact) mass is 502 g/mol. The quantitative estimate of drug-likeness (QED) is 0.231. The van der Waals surface area contributed by atoms with Crippen molar-refractivity contribution in [3.05, 3.63) is 23.3 Å². The fourth-order valence-electron chi connectivity index (χ4n) is 8.01. The van der Waals surface area contributed by atoms with E-state index in [2.05, 4.69) is 20.8 Å². The summed E-state index contributed by atoms with van der Waals surface area (Å²) in [7, 11) is 0. The summed E-state index contributed by atoms with van der Waals surface area (Å²) < 4.78 is 5.88. The third kappa shape index (κ3) is 4.03. The van der Waals surface area contributed by atoms with Crippen molar-refractivity contribution in [1.29, 1.82) is 0 Å². The lowest BCUT2D eigenvalue weighted by Crippen LogP contribution is -2.65. The molecule has 0 saturated heterocycles. The predicted octanol–water partition coefficient (Wildman–Crippen LogP) is 4.51. The fourth-order valence-corrected chi connectivity index (χ4v) is 8.01. The van der Waals surface area contributed by atoms with Gasteiger partial charge in [0, 0.05) is 12.3 Å². The Bertz CT molecular complexity index is 934. The van der Waals surface area contributed by atoms with Gasteiger partial charge in [0.25, 0.3) is 0 Å². The maximum Gasteiger partial charge on any atom is 0.306 e. The number of allylic oxidation sites excluding steroid dienone is 1. The van der Waals surface area contributed by atoms with Gasteiger partial charge in [0.15, 0.2) is 17.5 Å². The van der Waals surface area contributed by atoms with E-state index in [-0.39, 0.29) is 35.0 Å². The van der Waals surface area contributed by atoms with Gasteiger partial charge in [-0.15, -0.1) is 0 Å². The SMILES string of the molecule is CCCCCCCCCC(=O)O[C@H]1C(C)=C[C@]23C(=O)[C@@H](C=C(CO)[C@@H](O)[C@]12O)[C@H]1[C@@H](C[C@H]3C)C1(C)C. The second-order valence-corrected chi connectivity index (χ2v) is 12.6. The van der Waals surface area contributed by atoms with Gasteiger partial charge >= 0.3 is 5.97 Å². The number of rotatable bonds is 10. The highest BCUT2D eigenvalue weighted by Crippen LogP contribution is 2.71. The minimum absolute atomic E-state index is 0.0135. The lowest BCUT2D eigenvalue weighted by atomic mass is 9.59. The van der Waals surface area contributed by atoms with Crippen LogP contribution in [0.3, 0.4) is 0 Å². The van der Waals surface area contributed by atoms with Crippen LogP contribution in [0.4, 0.5) is 0 Å². The maximum absolute atomic E-state index is 14.3. The first-order valence-corrected chi connectivity index (χ1v) is 14.1. The molecule has 4 rings (SSSR count). The lowest BCUT2D eigenvalue weighted by Gasteiger charge is -2.48. The summed E-state index contributed by atoms with van der Waals surface area (Å²) in [5, 5.41) is 34.1. The van der Waals surface area contributed by atoms with E-state index < -0.39 is 41.7 Å².